The van der Waals surface area contributed by atoms with Gasteiger partial charge >= 0.3 is 0 Å². The maximum atomic E-state index is 12.5. The van der Waals surface area contributed by atoms with Crippen LogP contribution in [0.3, 0.4) is 0 Å². The smallest absolute Gasteiger partial charge is 0.235 e. The van der Waals surface area contributed by atoms with Crippen molar-refractivity contribution in [2.75, 3.05) is 13.1 Å². The Kier molecular flexibility index (Phi) is 5.64. The molecule has 7 heteroatoms. The van der Waals surface area contributed by atoms with Crippen LogP contribution in [0.4, 0.5) is 0 Å². The van der Waals surface area contributed by atoms with E-state index in [1.165, 1.54) is 18.2 Å². The van der Waals surface area contributed by atoms with E-state index in [9.17, 15) is 4.79 Å². The summed E-state index contributed by atoms with van der Waals surface area (Å²) in [4.78, 5) is 14.5. The maximum Gasteiger partial charge on any atom is 0.235 e. The summed E-state index contributed by atoms with van der Waals surface area (Å²) in [6.45, 7) is 8.22. The summed E-state index contributed by atoms with van der Waals surface area (Å²) in [6, 6.07) is 0.235. The third-order valence-electron chi connectivity index (χ3n) is 3.73. The molecule has 0 aliphatic carbocycles. The first-order valence-corrected chi connectivity index (χ1v) is 8.51. The first kappa shape index (κ1) is 16.3. The van der Waals surface area contributed by atoms with Crippen molar-refractivity contribution in [2.24, 2.45) is 5.73 Å². The lowest BCUT2D eigenvalue weighted by Gasteiger charge is -2.29. The first-order valence-electron chi connectivity index (χ1n) is 7.64. The number of rotatable bonds is 5. The highest BCUT2D eigenvalue weighted by atomic mass is 32.2. The molecule has 1 aromatic heterocycles. The van der Waals surface area contributed by atoms with Crippen LogP contribution in [0.15, 0.2) is 5.16 Å². The molecule has 1 amide bonds. The second-order valence-corrected chi connectivity index (χ2v) is 7.02. The van der Waals surface area contributed by atoms with E-state index in [1.54, 1.807) is 0 Å². The zero-order chi connectivity index (χ0) is 15.4. The lowest BCUT2D eigenvalue weighted by Crippen LogP contribution is -2.40. The molecule has 0 bridgehead atoms. The number of amides is 1. The third kappa shape index (κ3) is 3.77. The number of carbonyl (C=O) groups is 1. The van der Waals surface area contributed by atoms with Gasteiger partial charge in [-0.15, -0.1) is 10.2 Å². The van der Waals surface area contributed by atoms with Crippen molar-refractivity contribution in [3.05, 3.63) is 5.82 Å². The zero-order valence-corrected chi connectivity index (χ0v) is 13.9. The average molecular weight is 311 g/mol. The van der Waals surface area contributed by atoms with Crippen LogP contribution in [0.25, 0.3) is 0 Å². The molecule has 0 spiro atoms. The van der Waals surface area contributed by atoms with Crippen LogP contribution in [0.5, 0.6) is 0 Å². The van der Waals surface area contributed by atoms with Gasteiger partial charge in [0, 0.05) is 19.1 Å². The Morgan fingerprint density at radius 2 is 1.90 bits per heavy atom. The number of likely N-dealkylation sites (tertiary alicyclic amines) is 1. The molecule has 1 atom stereocenters. The topological polar surface area (TPSA) is 77.0 Å². The van der Waals surface area contributed by atoms with Gasteiger partial charge in [-0.1, -0.05) is 11.8 Å². The number of aromatic nitrogens is 3. The highest BCUT2D eigenvalue weighted by Crippen LogP contribution is 2.27. The fourth-order valence-corrected chi connectivity index (χ4v) is 3.71. The first-order chi connectivity index (χ1) is 10.0. The molecule has 2 rings (SSSR count). The fraction of sp³-hybridized carbons (Fsp3) is 0.786. The third-order valence-corrected chi connectivity index (χ3v) is 4.78. The summed E-state index contributed by atoms with van der Waals surface area (Å²) >= 11 is 1.48. The molecule has 0 saturated carbocycles. The van der Waals surface area contributed by atoms with E-state index < -0.39 is 0 Å². The number of carbonyl (C=O) groups excluding carboxylic acids is 1. The van der Waals surface area contributed by atoms with Crippen LogP contribution >= 0.6 is 11.8 Å². The summed E-state index contributed by atoms with van der Waals surface area (Å²) in [7, 11) is 0. The molecular weight excluding hydrogens is 286 g/mol. The molecule has 1 fully saturated rings. The SMILES string of the molecule is CC(Sc1nnc(CN)n1C(C)C)C(=O)N1CCCCC1. The van der Waals surface area contributed by atoms with Crippen molar-refractivity contribution in [3.8, 4) is 0 Å². The molecule has 0 radical (unpaired) electrons. The molecule has 1 saturated heterocycles. The quantitative estimate of drug-likeness (QED) is 0.839. The van der Waals surface area contributed by atoms with E-state index in [4.69, 9.17) is 5.73 Å². The van der Waals surface area contributed by atoms with Gasteiger partial charge in [0.1, 0.15) is 5.82 Å². The van der Waals surface area contributed by atoms with E-state index in [0.717, 1.165) is 36.9 Å². The van der Waals surface area contributed by atoms with Gasteiger partial charge in [-0.2, -0.15) is 0 Å². The minimum Gasteiger partial charge on any atom is -0.342 e. The van der Waals surface area contributed by atoms with Gasteiger partial charge in [-0.05, 0) is 40.0 Å². The van der Waals surface area contributed by atoms with Crippen molar-refractivity contribution in [1.82, 2.24) is 19.7 Å². The van der Waals surface area contributed by atoms with Crippen molar-refractivity contribution >= 4 is 17.7 Å². The van der Waals surface area contributed by atoms with Crippen molar-refractivity contribution in [1.29, 1.82) is 0 Å². The van der Waals surface area contributed by atoms with Crippen molar-refractivity contribution < 1.29 is 4.79 Å². The number of thioether (sulfide) groups is 1. The predicted molar refractivity (Wildman–Crippen MR) is 84.0 cm³/mol. The van der Waals surface area contributed by atoms with E-state index >= 15 is 0 Å². The van der Waals surface area contributed by atoms with Crippen LogP contribution in [0.1, 0.15) is 51.9 Å². The largest absolute Gasteiger partial charge is 0.342 e. The van der Waals surface area contributed by atoms with Gasteiger partial charge in [-0.3, -0.25) is 4.79 Å². The number of nitrogens with two attached hydrogens (primary N) is 1. The molecule has 1 aliphatic heterocycles. The monoisotopic (exact) mass is 311 g/mol. The molecule has 0 aromatic carbocycles. The van der Waals surface area contributed by atoms with Gasteiger partial charge in [0.2, 0.25) is 5.91 Å². The fourth-order valence-electron chi connectivity index (χ4n) is 2.63. The molecule has 118 valence electrons. The van der Waals surface area contributed by atoms with Gasteiger partial charge in [0.05, 0.1) is 11.8 Å². The lowest BCUT2D eigenvalue weighted by molar-refractivity contribution is -0.131. The second-order valence-electron chi connectivity index (χ2n) is 5.71. The second kappa shape index (κ2) is 7.26. The van der Waals surface area contributed by atoms with Crippen LogP contribution < -0.4 is 5.73 Å². The zero-order valence-electron chi connectivity index (χ0n) is 13.1. The number of hydrogen-bond acceptors (Lipinski definition) is 5. The molecule has 2 N–H and O–H groups in total. The lowest BCUT2D eigenvalue weighted by atomic mass is 10.1. The van der Waals surface area contributed by atoms with E-state index in [0.29, 0.717) is 6.54 Å². The van der Waals surface area contributed by atoms with Gasteiger partial charge < -0.3 is 15.2 Å². The molecular formula is C14H25N5OS. The summed E-state index contributed by atoms with van der Waals surface area (Å²) in [5.74, 6) is 0.970. The Labute approximate surface area is 130 Å². The Morgan fingerprint density at radius 3 is 2.48 bits per heavy atom. The number of nitrogens with zero attached hydrogens (tertiary/aromatic N) is 4. The number of hydrogen-bond donors (Lipinski definition) is 1. The van der Waals surface area contributed by atoms with E-state index in [-0.39, 0.29) is 17.2 Å². The van der Waals surface area contributed by atoms with Gasteiger partial charge in [0.25, 0.3) is 0 Å². The highest BCUT2D eigenvalue weighted by molar-refractivity contribution is 8.00. The Balaban J connectivity index is 2.06. The molecule has 21 heavy (non-hydrogen) atoms. The predicted octanol–water partition coefficient (Wildman–Crippen LogP) is 1.81. The Morgan fingerprint density at radius 1 is 1.24 bits per heavy atom. The highest BCUT2D eigenvalue weighted by Gasteiger charge is 2.25. The van der Waals surface area contributed by atoms with Gasteiger partial charge in [0.15, 0.2) is 5.16 Å². The van der Waals surface area contributed by atoms with Crippen LogP contribution in [0, 0.1) is 0 Å². The minimum atomic E-state index is -0.143. The number of piperidine rings is 1. The Bertz CT molecular complexity index is 482. The Hall–Kier alpha value is -1.08. The van der Waals surface area contributed by atoms with Crippen molar-refractivity contribution in [3.63, 3.8) is 0 Å². The minimum absolute atomic E-state index is 0.143. The average Bonchev–Trinajstić information content (AvgIpc) is 2.90. The van der Waals surface area contributed by atoms with Crippen LogP contribution in [-0.2, 0) is 11.3 Å². The molecule has 1 aliphatic rings. The van der Waals surface area contributed by atoms with E-state index in [2.05, 4.69) is 24.0 Å². The molecule has 2 heterocycles. The summed E-state index contributed by atoms with van der Waals surface area (Å²) in [5.41, 5.74) is 5.70. The van der Waals surface area contributed by atoms with Crippen LogP contribution in [-0.4, -0.2) is 43.9 Å². The van der Waals surface area contributed by atoms with Gasteiger partial charge in [-0.25, -0.2) is 0 Å². The van der Waals surface area contributed by atoms with E-state index in [1.807, 2.05) is 16.4 Å². The molecule has 1 aromatic rings. The van der Waals surface area contributed by atoms with Crippen LogP contribution in [0.2, 0.25) is 0 Å². The van der Waals surface area contributed by atoms with Crippen molar-refractivity contribution in [2.45, 2.75) is 63.0 Å². The summed E-state index contributed by atoms with van der Waals surface area (Å²) < 4.78 is 2.02. The summed E-state index contributed by atoms with van der Waals surface area (Å²) in [5, 5.41) is 8.96. The summed E-state index contributed by atoms with van der Waals surface area (Å²) in [6.07, 6.45) is 3.46. The standard InChI is InChI=1S/C14H25N5OS/c1-10(2)19-12(9-15)16-17-14(19)21-11(3)13(20)18-7-5-4-6-8-18/h10-11H,4-9,15H2,1-3H3. The molecule has 6 nitrogen and oxygen atoms in total. The maximum absolute atomic E-state index is 12.5. The molecule has 1 unspecified atom stereocenters. The normalized spacial score (nSPS) is 17.3.